The first-order chi connectivity index (χ1) is 11.1. The van der Waals surface area contributed by atoms with E-state index in [2.05, 4.69) is 25.9 Å². The Morgan fingerprint density at radius 3 is 2.35 bits per heavy atom. The van der Waals surface area contributed by atoms with Gasteiger partial charge in [0.15, 0.2) is 0 Å². The van der Waals surface area contributed by atoms with E-state index in [1.807, 2.05) is 0 Å². The average Bonchev–Trinajstić information content (AvgIpc) is 2.55. The van der Waals surface area contributed by atoms with Crippen LogP contribution in [-0.2, 0) is 7.97 Å². The first-order valence-corrected chi connectivity index (χ1v) is 16.5. The zero-order valence-electron chi connectivity index (χ0n) is 15.4. The van der Waals surface area contributed by atoms with Crippen molar-refractivity contribution in [3.05, 3.63) is 5.14 Å². The number of hydrogen-bond acceptors (Lipinski definition) is 3. The summed E-state index contributed by atoms with van der Waals surface area (Å²) in [6.07, 6.45) is 10.6. The van der Waals surface area contributed by atoms with Crippen LogP contribution in [0.1, 0.15) is 85.0 Å². The van der Waals surface area contributed by atoms with Crippen molar-refractivity contribution in [2.24, 2.45) is 5.92 Å². The van der Waals surface area contributed by atoms with Gasteiger partial charge >= 0.3 is 147 Å². The molecule has 0 heterocycles. The van der Waals surface area contributed by atoms with Crippen LogP contribution in [0.2, 0.25) is 12.8 Å². The molecular formula is C18H35N2O2Sn+. The standard InChI is InChI=1S/C10H17O.2C4H9.N2O.Sn/c1-2-3-5-9-6-4-7-10(11)8-9;2*1-3-4-2;1-2-3;/h5,9H,2-4,6-8H2,1H3;2*1,3-4H2,2H3;;/q;;;;+1. The molecule has 4 nitrogen and oxygen atoms in total. The molecule has 0 N–H and O–H groups in total. The van der Waals surface area contributed by atoms with Crippen molar-refractivity contribution in [1.82, 2.24) is 0 Å². The Bertz CT molecular complexity index is 387. The molecule has 0 aromatic carbocycles. The number of nitrogens with zero attached hydrogens (tertiary/aromatic N) is 2. The van der Waals surface area contributed by atoms with E-state index in [4.69, 9.17) is 3.17 Å². The van der Waals surface area contributed by atoms with Crippen molar-refractivity contribution in [1.29, 1.82) is 5.39 Å². The van der Waals surface area contributed by atoms with Gasteiger partial charge in [0.05, 0.1) is 0 Å². The number of unbranched alkanes of at least 4 members (excludes halogenated alkanes) is 2. The summed E-state index contributed by atoms with van der Waals surface area (Å²) in [5, 5.41) is 12.5. The number of diazo groups is 1. The third-order valence-electron chi connectivity index (χ3n) is 5.49. The second-order valence-electron chi connectivity index (χ2n) is 7.24. The van der Waals surface area contributed by atoms with E-state index in [0.717, 1.165) is 73.1 Å². The van der Waals surface area contributed by atoms with Gasteiger partial charge in [0.2, 0.25) is 0 Å². The van der Waals surface area contributed by atoms with E-state index in [1.54, 1.807) is 0 Å². The summed E-state index contributed by atoms with van der Waals surface area (Å²) in [5.74, 6) is 0.900. The Morgan fingerprint density at radius 1 is 1.22 bits per heavy atom. The monoisotopic (exact) mass is 431 g/mol. The molecule has 2 atom stereocenters. The minimum atomic E-state index is -3.08. The van der Waals surface area contributed by atoms with Gasteiger partial charge < -0.3 is 0 Å². The van der Waals surface area contributed by atoms with Gasteiger partial charge in [-0.25, -0.2) is 0 Å². The summed E-state index contributed by atoms with van der Waals surface area (Å²) in [6.45, 7) is 6.65. The third kappa shape index (κ3) is 6.25. The molecule has 0 spiro atoms. The van der Waals surface area contributed by atoms with Crippen molar-refractivity contribution in [3.63, 3.8) is 0 Å². The molecule has 1 aliphatic carbocycles. The van der Waals surface area contributed by atoms with E-state index < -0.39 is 18.8 Å². The predicted octanol–water partition coefficient (Wildman–Crippen LogP) is 6.25. The summed E-state index contributed by atoms with van der Waals surface area (Å²) >= 11 is -3.08. The number of Topliss-reactive ketones (excluding diaryl/α,β-unsaturated/α-hetero) is 1. The number of hydrogen-bond donors (Lipinski definition) is 0. The number of carbonyl (C=O) groups is 1. The summed E-state index contributed by atoms with van der Waals surface area (Å²) in [6, 6.07) is 0. The molecule has 1 aliphatic rings. The van der Waals surface area contributed by atoms with E-state index in [9.17, 15) is 10.2 Å². The van der Waals surface area contributed by atoms with Crippen LogP contribution in [0.4, 0.5) is 0 Å². The van der Waals surface area contributed by atoms with Gasteiger partial charge in [-0.05, 0) is 0 Å². The molecule has 0 amide bonds. The molecule has 0 radical (unpaired) electrons. The molecule has 1 fully saturated rings. The first-order valence-electron chi connectivity index (χ1n) is 9.67. The Hall–Kier alpha value is -0.311. The van der Waals surface area contributed by atoms with Gasteiger partial charge in [-0.2, -0.15) is 0 Å². The minimum absolute atomic E-state index is 0.425. The molecule has 1 saturated carbocycles. The fourth-order valence-electron chi connectivity index (χ4n) is 4.33. The molecule has 0 aromatic heterocycles. The molecule has 5 heteroatoms. The predicted molar refractivity (Wildman–Crippen MR) is 97.0 cm³/mol. The summed E-state index contributed by atoms with van der Waals surface area (Å²) in [4.78, 5) is 12.0. The van der Waals surface area contributed by atoms with Crippen LogP contribution in [0, 0.1) is 11.3 Å². The summed E-state index contributed by atoms with van der Waals surface area (Å²) in [5.41, 5.74) is 0. The maximum atomic E-state index is 12.0. The van der Waals surface area contributed by atoms with Crippen LogP contribution in [0.3, 0.4) is 0 Å². The molecule has 0 aliphatic heterocycles. The molecule has 23 heavy (non-hydrogen) atoms. The second-order valence-corrected chi connectivity index (χ2v) is 18.8. The third-order valence-corrected chi connectivity index (χ3v) is 19.6. The zero-order valence-corrected chi connectivity index (χ0v) is 18.2. The molecule has 0 saturated heterocycles. The van der Waals surface area contributed by atoms with Crippen molar-refractivity contribution < 1.29 is 7.97 Å². The topological polar surface area (TPSA) is 54.4 Å². The summed E-state index contributed by atoms with van der Waals surface area (Å²) in [7, 11) is 0. The van der Waals surface area contributed by atoms with Gasteiger partial charge in [-0.1, -0.05) is 0 Å². The van der Waals surface area contributed by atoms with Crippen molar-refractivity contribution in [2.75, 3.05) is 0 Å². The molecular weight excluding hydrogens is 395 g/mol. The van der Waals surface area contributed by atoms with Crippen LogP contribution in [0.25, 0.3) is 5.14 Å². The van der Waals surface area contributed by atoms with Gasteiger partial charge in [-0.15, -0.1) is 0 Å². The molecule has 0 aromatic rings. The van der Waals surface area contributed by atoms with Crippen LogP contribution in [0.15, 0.2) is 0 Å². The van der Waals surface area contributed by atoms with Crippen LogP contribution in [-0.4, -0.2) is 24.6 Å². The normalized spacial score (nSPS) is 20.1. The maximum absolute atomic E-state index is 12.0. The molecule has 132 valence electrons. The summed E-state index contributed by atoms with van der Waals surface area (Å²) < 4.78 is 8.70. The molecule has 0 bridgehead atoms. The molecule has 1 rings (SSSR count). The Labute approximate surface area is 146 Å². The fraction of sp³-hybridized carbons (Fsp3) is 0.944. The van der Waals surface area contributed by atoms with Gasteiger partial charge in [0, 0.05) is 0 Å². The zero-order chi connectivity index (χ0) is 17.1. The van der Waals surface area contributed by atoms with E-state index in [1.165, 1.54) is 0 Å². The molecule has 2 unspecified atom stereocenters. The second kappa shape index (κ2) is 11.3. The van der Waals surface area contributed by atoms with E-state index in [-0.39, 0.29) is 0 Å². The van der Waals surface area contributed by atoms with Crippen LogP contribution in [0.5, 0.6) is 0 Å². The van der Waals surface area contributed by atoms with Crippen LogP contribution < -0.4 is 0 Å². The van der Waals surface area contributed by atoms with Crippen molar-refractivity contribution >= 4 is 24.6 Å². The average molecular weight is 430 g/mol. The van der Waals surface area contributed by atoms with E-state index in [0.29, 0.717) is 15.6 Å². The number of ketones is 1. The Kier molecular flexibility index (Phi) is 10.2. The quantitative estimate of drug-likeness (QED) is 0.221. The fourth-order valence-corrected chi connectivity index (χ4v) is 19.6. The first kappa shape index (κ1) is 20.7. The number of carbonyl (C=O) groups excluding carboxylic acids is 1. The Balaban J connectivity index is 3.06. The SMILES string of the molecule is CCC[CH2][Sn]([CH2]CCC)([O][N+]#N)[CH](CCC)C1CCCC(=O)C1. The van der Waals surface area contributed by atoms with Gasteiger partial charge in [0.1, 0.15) is 0 Å². The van der Waals surface area contributed by atoms with Crippen molar-refractivity contribution in [2.45, 2.75) is 97.8 Å². The number of rotatable bonds is 11. The van der Waals surface area contributed by atoms with Crippen LogP contribution >= 0.6 is 0 Å². The van der Waals surface area contributed by atoms with Crippen molar-refractivity contribution in [3.8, 4) is 0 Å². The Morgan fingerprint density at radius 2 is 1.87 bits per heavy atom. The van der Waals surface area contributed by atoms with Gasteiger partial charge in [0.25, 0.3) is 0 Å². The van der Waals surface area contributed by atoms with Gasteiger partial charge in [-0.3, -0.25) is 0 Å². The van der Waals surface area contributed by atoms with E-state index >= 15 is 0 Å².